The van der Waals surface area contributed by atoms with E-state index in [1.165, 1.54) is 12.8 Å². The van der Waals surface area contributed by atoms with E-state index in [0.717, 1.165) is 12.8 Å². The van der Waals surface area contributed by atoms with Gasteiger partial charge in [0.2, 0.25) is 0 Å². The Balaban J connectivity index is 0.000000292. The van der Waals surface area contributed by atoms with Crippen molar-refractivity contribution < 1.29 is 11.2 Å². The average molecular weight is 563 g/mol. The molecule has 0 spiro atoms. The maximum atomic E-state index is 5.65. The molecule has 0 aliphatic heterocycles. The fourth-order valence-electron chi connectivity index (χ4n) is 1.19. The quantitative estimate of drug-likeness (QED) is 0.444. The van der Waals surface area contributed by atoms with Crippen LogP contribution in [0.25, 0.3) is 0 Å². The van der Waals surface area contributed by atoms with E-state index in [2.05, 4.69) is 38.7 Å². The Bertz CT molecular complexity index is 84.7. The first-order valence-electron chi connectivity index (χ1n) is 3.56. The third kappa shape index (κ3) is 7.16. The minimum atomic E-state index is 0.281. The monoisotopic (exact) mass is 563 g/mol. The zero-order chi connectivity index (χ0) is 8.69. The molecule has 0 saturated heterocycles. The van der Waals surface area contributed by atoms with Gasteiger partial charge in [-0.05, 0) is 12.8 Å². The maximum absolute atomic E-state index is 5.65. The molecule has 0 unspecified atom stereocenters. The molecule has 1 rings (SSSR count). The van der Waals surface area contributed by atoms with Crippen LogP contribution in [-0.4, -0.2) is 12.1 Å². The van der Waals surface area contributed by atoms with E-state index in [1.807, 2.05) is 0 Å². The van der Waals surface area contributed by atoms with Crippen LogP contribution < -0.4 is 11.5 Å². The second-order valence-corrected chi connectivity index (χ2v) is 19.3. The number of hydrogen-bond acceptors (Lipinski definition) is 2. The topological polar surface area (TPSA) is 52.0 Å². The first-order chi connectivity index (χ1) is 5.22. The summed E-state index contributed by atoms with van der Waals surface area (Å²) in [4.78, 5) is 0. The summed E-state index contributed by atoms with van der Waals surface area (Å²) in [5, 5.41) is 0. The van der Waals surface area contributed by atoms with Gasteiger partial charge in [-0.1, -0.05) is 12.8 Å². The van der Waals surface area contributed by atoms with E-state index in [0.29, 0.717) is 11.2 Å². The second kappa shape index (κ2) is 8.66. The third-order valence-electron chi connectivity index (χ3n) is 1.87. The van der Waals surface area contributed by atoms with Crippen LogP contribution in [0.5, 0.6) is 0 Å². The first-order valence-corrected chi connectivity index (χ1v) is 16.4. The molecular weight excluding hydrogens is 549 g/mol. The van der Waals surface area contributed by atoms with E-state index in [-0.39, 0.29) is 12.1 Å². The summed E-state index contributed by atoms with van der Waals surface area (Å²) >= 11 is 5.30. The van der Waals surface area contributed by atoms with Gasteiger partial charge in [0.25, 0.3) is 0 Å². The van der Waals surface area contributed by atoms with Gasteiger partial charge < -0.3 is 11.5 Å². The molecule has 72 valence electrons. The van der Waals surface area contributed by atoms with Crippen molar-refractivity contribution in [3.8, 4) is 0 Å². The Morgan fingerprint density at radius 2 is 1.27 bits per heavy atom. The van der Waals surface area contributed by atoms with Crippen LogP contribution in [0.2, 0.25) is 0 Å². The molecule has 0 amide bonds. The summed E-state index contributed by atoms with van der Waals surface area (Å²) in [5.74, 6) is 0. The van der Waals surface area contributed by atoms with Crippen molar-refractivity contribution in [2.45, 2.75) is 37.8 Å². The van der Waals surface area contributed by atoms with Crippen LogP contribution in [0, 0.1) is 0 Å². The predicted octanol–water partition coefficient (Wildman–Crippen LogP) is 1.98. The first kappa shape index (κ1) is 13.1. The van der Waals surface area contributed by atoms with Crippen LogP contribution >= 0.6 is 38.7 Å². The standard InChI is InChI=1S/C6H14N2.2HI.Pt/c7-5-3-1-2-4-6(5)8;;;/h5-6H,1-4,7-8H2;2*1H;/q;;;+2/p-2/t5-,6+;;;. The van der Waals surface area contributed by atoms with Crippen molar-refractivity contribution in [1.29, 1.82) is 0 Å². The predicted molar refractivity (Wildman–Crippen MR) is 62.5 cm³/mol. The molecule has 0 heterocycles. The zero-order valence-electron chi connectivity index (χ0n) is 6.21. The van der Waals surface area contributed by atoms with Crippen LogP contribution in [0.4, 0.5) is 0 Å². The molecule has 4 N–H and O–H groups in total. The van der Waals surface area contributed by atoms with Gasteiger partial charge in [0.15, 0.2) is 0 Å². The van der Waals surface area contributed by atoms with E-state index >= 15 is 0 Å². The molecule has 0 aromatic heterocycles. The summed E-state index contributed by atoms with van der Waals surface area (Å²) in [6.07, 6.45) is 4.80. The fourth-order valence-corrected chi connectivity index (χ4v) is 1.19. The number of nitrogens with two attached hydrogens (primary N) is 2. The van der Waals surface area contributed by atoms with Crippen LogP contribution in [0.1, 0.15) is 25.7 Å². The van der Waals surface area contributed by atoms with E-state index in [4.69, 9.17) is 11.5 Å². The summed E-state index contributed by atoms with van der Waals surface area (Å²) in [6.45, 7) is 0. The van der Waals surface area contributed by atoms with Crippen molar-refractivity contribution in [3.63, 3.8) is 0 Å². The van der Waals surface area contributed by atoms with Crippen molar-refractivity contribution in [1.82, 2.24) is 0 Å². The Hall–Kier alpha value is 2.07. The van der Waals surface area contributed by atoms with E-state index in [1.54, 1.807) is 0 Å². The van der Waals surface area contributed by atoms with Crippen molar-refractivity contribution in [3.05, 3.63) is 0 Å². The number of rotatable bonds is 0. The Morgan fingerprint density at radius 1 is 1.00 bits per heavy atom. The van der Waals surface area contributed by atoms with Crippen LogP contribution in [0.15, 0.2) is 0 Å². The minimum absolute atomic E-state index is 0.281. The molecule has 0 radical (unpaired) electrons. The number of hydrogen-bond donors (Lipinski definition) is 2. The van der Waals surface area contributed by atoms with Gasteiger partial charge in [0, 0.05) is 12.1 Å². The third-order valence-corrected chi connectivity index (χ3v) is 1.87. The molecule has 0 aromatic rings. The molecule has 1 aliphatic rings. The van der Waals surface area contributed by atoms with Crippen molar-refractivity contribution in [2.75, 3.05) is 0 Å². The van der Waals surface area contributed by atoms with Crippen LogP contribution in [0.3, 0.4) is 0 Å². The van der Waals surface area contributed by atoms with Gasteiger partial charge >= 0.3 is 49.9 Å². The van der Waals surface area contributed by atoms with Gasteiger partial charge in [-0.3, -0.25) is 0 Å². The van der Waals surface area contributed by atoms with Crippen molar-refractivity contribution in [2.24, 2.45) is 11.5 Å². The molecule has 2 atom stereocenters. The van der Waals surface area contributed by atoms with E-state index < -0.39 is 0 Å². The molecule has 5 heteroatoms. The molecule has 0 bridgehead atoms. The Morgan fingerprint density at radius 3 is 1.45 bits per heavy atom. The van der Waals surface area contributed by atoms with Gasteiger partial charge in [-0.15, -0.1) is 0 Å². The van der Waals surface area contributed by atoms with Crippen molar-refractivity contribution >= 4 is 38.7 Å². The Labute approximate surface area is 97.8 Å². The van der Waals surface area contributed by atoms with Crippen LogP contribution in [-0.2, 0) is 11.2 Å². The van der Waals surface area contributed by atoms with Gasteiger partial charge in [0.1, 0.15) is 0 Å². The SMILES string of the molecule is N[C@@H]1CCCC[C@@H]1N.[I][Pt][I]. The van der Waals surface area contributed by atoms with Gasteiger partial charge in [0.05, 0.1) is 0 Å². The molecule has 0 aromatic carbocycles. The molecule has 1 saturated carbocycles. The molecule has 11 heavy (non-hydrogen) atoms. The molecule has 1 fully saturated rings. The van der Waals surface area contributed by atoms with E-state index in [9.17, 15) is 0 Å². The van der Waals surface area contributed by atoms with Gasteiger partial charge in [-0.25, -0.2) is 0 Å². The summed E-state index contributed by atoms with van der Waals surface area (Å²) in [5.41, 5.74) is 11.3. The normalized spacial score (nSPS) is 30.9. The summed E-state index contributed by atoms with van der Waals surface area (Å²) < 4.78 is 0. The zero-order valence-corrected chi connectivity index (χ0v) is 12.8. The molecule has 1 aliphatic carbocycles. The molecular formula is C6H14I2N2Pt. The Kier molecular flexibility index (Phi) is 10.3. The summed E-state index contributed by atoms with van der Waals surface area (Å²) in [6, 6.07) is 0.562. The molecule has 2 nitrogen and oxygen atoms in total. The average Bonchev–Trinajstić information content (AvgIpc) is 1.97. The second-order valence-electron chi connectivity index (χ2n) is 2.66. The fraction of sp³-hybridized carbons (Fsp3) is 1.00. The van der Waals surface area contributed by atoms with Gasteiger partial charge in [-0.2, -0.15) is 0 Å². The summed E-state index contributed by atoms with van der Waals surface area (Å²) in [7, 11) is 0. The number of halogens is 2.